The van der Waals surface area contributed by atoms with Gasteiger partial charge in [0.15, 0.2) is 0 Å². The standard InChI is InChI=1S/C15H15ClN4O2S/c1-2-15-19-12-6-9(16)14(7-13(12)20-15)23(21,22)8-3-4-10(17)11(18)5-8/h3-7H,2,17-18H2,1H3,(H,19,20). The first kappa shape index (κ1) is 15.6. The van der Waals surface area contributed by atoms with E-state index in [-0.39, 0.29) is 20.5 Å². The van der Waals surface area contributed by atoms with Crippen LogP contribution in [0.4, 0.5) is 11.4 Å². The van der Waals surface area contributed by atoms with Gasteiger partial charge < -0.3 is 16.5 Å². The maximum Gasteiger partial charge on any atom is 0.208 e. The number of nitrogens with zero attached hydrogens (tertiary/aromatic N) is 1. The van der Waals surface area contributed by atoms with E-state index < -0.39 is 9.84 Å². The van der Waals surface area contributed by atoms with Crippen LogP contribution in [-0.4, -0.2) is 18.4 Å². The third kappa shape index (κ3) is 2.62. The second kappa shape index (κ2) is 5.43. The lowest BCUT2D eigenvalue weighted by molar-refractivity contribution is 0.596. The number of imidazole rings is 1. The molecule has 5 N–H and O–H groups in total. The smallest absolute Gasteiger partial charge is 0.208 e. The second-order valence-electron chi connectivity index (χ2n) is 5.13. The van der Waals surface area contributed by atoms with Crippen LogP contribution in [0.5, 0.6) is 0 Å². The van der Waals surface area contributed by atoms with E-state index in [2.05, 4.69) is 9.97 Å². The number of benzene rings is 2. The Morgan fingerprint density at radius 3 is 2.57 bits per heavy atom. The summed E-state index contributed by atoms with van der Waals surface area (Å²) in [6.45, 7) is 1.95. The number of fused-ring (bicyclic) bond motifs is 1. The van der Waals surface area contributed by atoms with Crippen molar-refractivity contribution in [2.75, 3.05) is 11.5 Å². The topological polar surface area (TPSA) is 115 Å². The molecular formula is C15H15ClN4O2S. The summed E-state index contributed by atoms with van der Waals surface area (Å²) in [5.74, 6) is 0.766. The molecule has 0 radical (unpaired) electrons. The molecule has 1 heterocycles. The molecule has 0 spiro atoms. The number of aromatic nitrogens is 2. The lowest BCUT2D eigenvalue weighted by atomic mass is 10.3. The summed E-state index contributed by atoms with van der Waals surface area (Å²) in [6, 6.07) is 7.23. The van der Waals surface area contributed by atoms with Crippen molar-refractivity contribution in [2.45, 2.75) is 23.1 Å². The van der Waals surface area contributed by atoms with Crippen LogP contribution in [0.3, 0.4) is 0 Å². The molecule has 3 aromatic rings. The quantitative estimate of drug-likeness (QED) is 0.628. The van der Waals surface area contributed by atoms with Crippen molar-refractivity contribution in [3.8, 4) is 0 Å². The van der Waals surface area contributed by atoms with Gasteiger partial charge in [0.25, 0.3) is 0 Å². The summed E-state index contributed by atoms with van der Waals surface area (Å²) in [5.41, 5.74) is 13.1. The van der Waals surface area contributed by atoms with Crippen LogP contribution >= 0.6 is 11.6 Å². The number of aryl methyl sites for hydroxylation is 1. The van der Waals surface area contributed by atoms with Crippen LogP contribution in [0.15, 0.2) is 40.1 Å². The molecule has 6 nitrogen and oxygen atoms in total. The van der Waals surface area contributed by atoms with E-state index in [0.717, 1.165) is 5.82 Å². The number of hydrogen-bond acceptors (Lipinski definition) is 5. The van der Waals surface area contributed by atoms with Crippen molar-refractivity contribution in [1.29, 1.82) is 0 Å². The molecule has 0 atom stereocenters. The molecule has 1 aromatic heterocycles. The highest BCUT2D eigenvalue weighted by Crippen LogP contribution is 2.32. The molecule has 0 unspecified atom stereocenters. The predicted octanol–water partition coefficient (Wildman–Crippen LogP) is 2.78. The van der Waals surface area contributed by atoms with Crippen LogP contribution in [0.1, 0.15) is 12.7 Å². The van der Waals surface area contributed by atoms with Crippen LogP contribution in [0, 0.1) is 0 Å². The maximum atomic E-state index is 12.8. The number of hydrogen-bond donors (Lipinski definition) is 3. The van der Waals surface area contributed by atoms with Gasteiger partial charge in [-0.25, -0.2) is 13.4 Å². The van der Waals surface area contributed by atoms with Crippen molar-refractivity contribution >= 4 is 43.8 Å². The number of anilines is 2. The number of rotatable bonds is 3. The SMILES string of the molecule is CCc1nc2cc(Cl)c(S(=O)(=O)c3ccc(N)c(N)c3)cc2[nH]1. The van der Waals surface area contributed by atoms with Gasteiger partial charge >= 0.3 is 0 Å². The van der Waals surface area contributed by atoms with E-state index in [4.69, 9.17) is 23.1 Å². The highest BCUT2D eigenvalue weighted by atomic mass is 35.5. The molecule has 0 saturated heterocycles. The van der Waals surface area contributed by atoms with E-state index in [1.54, 1.807) is 6.07 Å². The Morgan fingerprint density at radius 1 is 1.17 bits per heavy atom. The average Bonchev–Trinajstić information content (AvgIpc) is 2.90. The Balaban J connectivity index is 2.20. The van der Waals surface area contributed by atoms with Gasteiger partial charge in [-0.3, -0.25) is 0 Å². The zero-order valence-electron chi connectivity index (χ0n) is 12.3. The molecule has 8 heteroatoms. The fraction of sp³-hybridized carbons (Fsp3) is 0.133. The minimum absolute atomic E-state index is 0.00198. The third-order valence-electron chi connectivity index (χ3n) is 3.58. The number of H-pyrrole nitrogens is 1. The number of nitrogen functional groups attached to an aromatic ring is 2. The molecule has 0 fully saturated rings. The van der Waals surface area contributed by atoms with Crippen molar-refractivity contribution in [2.24, 2.45) is 0 Å². The first-order chi connectivity index (χ1) is 10.8. The second-order valence-corrected chi connectivity index (χ2v) is 7.46. The molecule has 3 rings (SSSR count). The van der Waals surface area contributed by atoms with Gasteiger partial charge in [-0.1, -0.05) is 18.5 Å². The fourth-order valence-corrected chi connectivity index (χ4v) is 4.12. The van der Waals surface area contributed by atoms with Gasteiger partial charge in [-0.15, -0.1) is 0 Å². The van der Waals surface area contributed by atoms with E-state index >= 15 is 0 Å². The highest BCUT2D eigenvalue weighted by molar-refractivity contribution is 7.91. The summed E-state index contributed by atoms with van der Waals surface area (Å²) in [7, 11) is -3.81. The summed E-state index contributed by atoms with van der Waals surface area (Å²) in [5, 5.41) is 0.113. The molecule has 0 aliphatic carbocycles. The first-order valence-electron chi connectivity index (χ1n) is 6.91. The lowest BCUT2D eigenvalue weighted by Crippen LogP contribution is -2.05. The Bertz CT molecular complexity index is 1010. The molecule has 0 amide bonds. The van der Waals surface area contributed by atoms with E-state index in [0.29, 0.717) is 23.1 Å². The summed E-state index contributed by atoms with van der Waals surface area (Å²) < 4.78 is 25.6. The van der Waals surface area contributed by atoms with Crippen molar-refractivity contribution < 1.29 is 8.42 Å². The van der Waals surface area contributed by atoms with Crippen LogP contribution in [-0.2, 0) is 16.3 Å². The summed E-state index contributed by atoms with van der Waals surface area (Å²) >= 11 is 6.17. The van der Waals surface area contributed by atoms with E-state index in [9.17, 15) is 8.42 Å². The van der Waals surface area contributed by atoms with Gasteiger partial charge in [0.2, 0.25) is 9.84 Å². The Morgan fingerprint density at radius 2 is 1.91 bits per heavy atom. The van der Waals surface area contributed by atoms with Gasteiger partial charge in [0, 0.05) is 6.42 Å². The molecule has 0 aliphatic heterocycles. The van der Waals surface area contributed by atoms with E-state index in [1.807, 2.05) is 6.92 Å². The molecule has 0 bridgehead atoms. The monoisotopic (exact) mass is 350 g/mol. The Kier molecular flexibility index (Phi) is 3.69. The van der Waals surface area contributed by atoms with E-state index in [1.165, 1.54) is 24.3 Å². The van der Waals surface area contributed by atoms with Crippen LogP contribution < -0.4 is 11.5 Å². The van der Waals surface area contributed by atoms with Crippen molar-refractivity contribution in [3.63, 3.8) is 0 Å². The van der Waals surface area contributed by atoms with Crippen molar-refractivity contribution in [3.05, 3.63) is 41.2 Å². The number of aromatic amines is 1. The van der Waals surface area contributed by atoms with Gasteiger partial charge in [-0.2, -0.15) is 0 Å². The Hall–Kier alpha value is -2.25. The predicted molar refractivity (Wildman–Crippen MR) is 91.2 cm³/mol. The van der Waals surface area contributed by atoms with Gasteiger partial charge in [0.05, 0.1) is 37.2 Å². The zero-order chi connectivity index (χ0) is 16.8. The number of nitrogens with one attached hydrogen (secondary N) is 1. The third-order valence-corrected chi connectivity index (χ3v) is 5.79. The number of nitrogens with two attached hydrogens (primary N) is 2. The summed E-state index contributed by atoms with van der Waals surface area (Å²) in [6.07, 6.45) is 0.711. The number of sulfone groups is 1. The average molecular weight is 351 g/mol. The van der Waals surface area contributed by atoms with Gasteiger partial charge in [-0.05, 0) is 30.3 Å². The minimum atomic E-state index is -3.81. The van der Waals surface area contributed by atoms with Crippen LogP contribution in [0.2, 0.25) is 5.02 Å². The van der Waals surface area contributed by atoms with Crippen LogP contribution in [0.25, 0.3) is 11.0 Å². The maximum absolute atomic E-state index is 12.8. The molecule has 2 aromatic carbocycles. The molecule has 120 valence electrons. The minimum Gasteiger partial charge on any atom is -0.397 e. The zero-order valence-corrected chi connectivity index (χ0v) is 13.9. The molecular weight excluding hydrogens is 336 g/mol. The number of halogens is 1. The lowest BCUT2D eigenvalue weighted by Gasteiger charge is -2.08. The van der Waals surface area contributed by atoms with Gasteiger partial charge in [0.1, 0.15) is 5.82 Å². The Labute approximate surface area is 138 Å². The summed E-state index contributed by atoms with van der Waals surface area (Å²) in [4.78, 5) is 7.46. The molecule has 23 heavy (non-hydrogen) atoms. The highest BCUT2D eigenvalue weighted by Gasteiger charge is 2.23. The fourth-order valence-electron chi connectivity index (χ4n) is 2.28. The molecule has 0 aliphatic rings. The largest absolute Gasteiger partial charge is 0.397 e. The van der Waals surface area contributed by atoms with Crippen molar-refractivity contribution in [1.82, 2.24) is 9.97 Å². The first-order valence-corrected chi connectivity index (χ1v) is 8.77. The normalized spacial score (nSPS) is 11.9. The molecule has 0 saturated carbocycles.